The minimum absolute atomic E-state index is 0.0655. The van der Waals surface area contributed by atoms with Crippen LogP contribution in [-0.4, -0.2) is 32.6 Å². The second kappa shape index (κ2) is 10.5. The predicted molar refractivity (Wildman–Crippen MR) is 155 cm³/mol. The van der Waals surface area contributed by atoms with Crippen molar-refractivity contribution in [2.75, 3.05) is 11.9 Å². The number of hydrogen-bond donors (Lipinski definition) is 1. The molecular formula is C31H33FN6O2. The molecule has 0 aliphatic carbocycles. The van der Waals surface area contributed by atoms with E-state index >= 15 is 0 Å². The number of aromatic nitrogens is 4. The van der Waals surface area contributed by atoms with Gasteiger partial charge in [0.2, 0.25) is 0 Å². The Kier molecular flexibility index (Phi) is 7.06. The molecule has 8 nitrogen and oxygen atoms in total. The molecule has 0 saturated heterocycles. The molecule has 5 rings (SSSR count). The predicted octanol–water partition coefficient (Wildman–Crippen LogP) is 6.64. The van der Waals surface area contributed by atoms with Crippen LogP contribution in [0.25, 0.3) is 16.6 Å². The third-order valence-electron chi connectivity index (χ3n) is 6.85. The molecular weight excluding hydrogens is 507 g/mol. The van der Waals surface area contributed by atoms with Crippen molar-refractivity contribution < 1.29 is 13.9 Å². The van der Waals surface area contributed by atoms with Crippen LogP contribution in [0.4, 0.5) is 15.0 Å². The summed E-state index contributed by atoms with van der Waals surface area (Å²) in [5, 5.41) is 13.0. The van der Waals surface area contributed by atoms with E-state index in [1.165, 1.54) is 17.0 Å². The zero-order valence-corrected chi connectivity index (χ0v) is 23.6. The third-order valence-corrected chi connectivity index (χ3v) is 6.85. The summed E-state index contributed by atoms with van der Waals surface area (Å²) in [6.45, 7) is 8.32. The number of anilines is 1. The van der Waals surface area contributed by atoms with Crippen molar-refractivity contribution in [1.82, 2.24) is 24.9 Å². The fourth-order valence-corrected chi connectivity index (χ4v) is 4.47. The largest absolute Gasteiger partial charge is 0.457 e. The molecule has 0 spiro atoms. The quantitative estimate of drug-likeness (QED) is 0.262. The topological polar surface area (TPSA) is 77.2 Å². The Bertz CT molecular complexity index is 1700. The molecule has 0 unspecified atom stereocenters. The number of aryl methyl sites for hydroxylation is 2. The maximum Gasteiger partial charge on any atom is 0.323 e. The van der Waals surface area contributed by atoms with E-state index < -0.39 is 5.82 Å². The fraction of sp³-hybridized carbons (Fsp3) is 0.258. The second-order valence-corrected chi connectivity index (χ2v) is 10.9. The van der Waals surface area contributed by atoms with Crippen molar-refractivity contribution in [3.63, 3.8) is 0 Å². The van der Waals surface area contributed by atoms with Crippen molar-refractivity contribution >= 4 is 22.8 Å². The molecule has 0 saturated carbocycles. The Morgan fingerprint density at radius 1 is 1.07 bits per heavy atom. The first kappa shape index (κ1) is 26.9. The van der Waals surface area contributed by atoms with Gasteiger partial charge in [-0.2, -0.15) is 10.2 Å². The SMILES string of the molecule is Cc1ccccc1-n1nc(C(C)(C)C)cc1N(C)C(=O)NCc1cc(F)ccc1Oc1ccc2c(cnn2C)c1. The van der Waals surface area contributed by atoms with E-state index in [2.05, 4.69) is 31.2 Å². The van der Waals surface area contributed by atoms with Gasteiger partial charge in [-0.1, -0.05) is 39.0 Å². The summed E-state index contributed by atoms with van der Waals surface area (Å²) in [6, 6.07) is 19.4. The summed E-state index contributed by atoms with van der Waals surface area (Å²) in [5.41, 5.74) is 4.05. The Balaban J connectivity index is 1.38. The fourth-order valence-electron chi connectivity index (χ4n) is 4.47. The van der Waals surface area contributed by atoms with Gasteiger partial charge in [0.05, 0.1) is 23.1 Å². The van der Waals surface area contributed by atoms with E-state index in [0.717, 1.165) is 27.8 Å². The van der Waals surface area contributed by atoms with E-state index in [1.54, 1.807) is 28.7 Å². The first-order valence-corrected chi connectivity index (χ1v) is 13.1. The van der Waals surface area contributed by atoms with Crippen LogP contribution in [-0.2, 0) is 19.0 Å². The lowest BCUT2D eigenvalue weighted by molar-refractivity contribution is 0.246. The summed E-state index contributed by atoms with van der Waals surface area (Å²) in [4.78, 5) is 14.9. The molecule has 3 aromatic carbocycles. The van der Waals surface area contributed by atoms with Gasteiger partial charge in [-0.25, -0.2) is 13.9 Å². The van der Waals surface area contributed by atoms with Gasteiger partial charge in [0.1, 0.15) is 23.1 Å². The maximum absolute atomic E-state index is 14.2. The van der Waals surface area contributed by atoms with Gasteiger partial charge in [-0.05, 0) is 55.0 Å². The number of para-hydroxylation sites is 1. The normalized spacial score (nSPS) is 11.6. The van der Waals surface area contributed by atoms with E-state index in [0.29, 0.717) is 22.9 Å². The minimum Gasteiger partial charge on any atom is -0.457 e. The molecule has 0 bridgehead atoms. The highest BCUT2D eigenvalue weighted by molar-refractivity contribution is 5.91. The van der Waals surface area contributed by atoms with Crippen LogP contribution < -0.4 is 15.0 Å². The highest BCUT2D eigenvalue weighted by Gasteiger charge is 2.25. The Labute approximate surface area is 233 Å². The molecule has 0 fully saturated rings. The number of nitrogens with one attached hydrogen (secondary N) is 1. The highest BCUT2D eigenvalue weighted by atomic mass is 19.1. The van der Waals surface area contributed by atoms with E-state index in [4.69, 9.17) is 9.84 Å². The number of fused-ring (bicyclic) bond motifs is 1. The number of amides is 2. The smallest absolute Gasteiger partial charge is 0.323 e. The summed E-state index contributed by atoms with van der Waals surface area (Å²) < 4.78 is 23.9. The number of ether oxygens (including phenoxy) is 1. The molecule has 206 valence electrons. The zero-order chi connectivity index (χ0) is 28.6. The van der Waals surface area contributed by atoms with Gasteiger partial charge < -0.3 is 10.1 Å². The van der Waals surface area contributed by atoms with Gasteiger partial charge in [0.15, 0.2) is 0 Å². The monoisotopic (exact) mass is 540 g/mol. The lowest BCUT2D eigenvalue weighted by atomic mass is 9.92. The van der Waals surface area contributed by atoms with Crippen LogP contribution in [0, 0.1) is 12.7 Å². The van der Waals surface area contributed by atoms with Crippen LogP contribution in [0.1, 0.15) is 37.6 Å². The molecule has 40 heavy (non-hydrogen) atoms. The summed E-state index contributed by atoms with van der Waals surface area (Å²) >= 11 is 0. The number of urea groups is 1. The standard InChI is InChI=1S/C31H33FN6O2/c1-20-9-7-8-10-25(20)38-29(17-28(35-38)31(2,3)4)36(5)30(39)33-18-22-15-23(32)11-14-27(22)40-24-12-13-26-21(16-24)19-34-37(26)6/h7-17,19H,18H2,1-6H3,(H,33,39). The van der Waals surface area contributed by atoms with Crippen molar-refractivity contribution in [3.05, 3.63) is 95.6 Å². The minimum atomic E-state index is -0.417. The first-order chi connectivity index (χ1) is 19.0. The van der Waals surface area contributed by atoms with E-state index in [-0.39, 0.29) is 18.0 Å². The molecule has 0 atom stereocenters. The molecule has 2 aromatic heterocycles. The summed E-state index contributed by atoms with van der Waals surface area (Å²) in [6.07, 6.45) is 1.76. The van der Waals surface area contributed by atoms with Crippen LogP contribution in [0.15, 0.2) is 72.9 Å². The average Bonchev–Trinajstić information content (AvgIpc) is 3.52. The van der Waals surface area contributed by atoms with Crippen LogP contribution >= 0.6 is 0 Å². The number of rotatable bonds is 6. The van der Waals surface area contributed by atoms with Crippen LogP contribution in [0.5, 0.6) is 11.5 Å². The second-order valence-electron chi connectivity index (χ2n) is 10.9. The lowest BCUT2D eigenvalue weighted by Gasteiger charge is -2.20. The number of halogens is 1. The van der Waals surface area contributed by atoms with Crippen molar-refractivity contribution in [3.8, 4) is 17.2 Å². The van der Waals surface area contributed by atoms with Gasteiger partial charge in [-0.15, -0.1) is 0 Å². The number of nitrogens with zero attached hydrogens (tertiary/aromatic N) is 5. The molecule has 5 aromatic rings. The van der Waals surface area contributed by atoms with E-state index in [9.17, 15) is 9.18 Å². The van der Waals surface area contributed by atoms with Crippen molar-refractivity contribution in [1.29, 1.82) is 0 Å². The van der Waals surface area contributed by atoms with Crippen LogP contribution in [0.3, 0.4) is 0 Å². The van der Waals surface area contributed by atoms with Crippen molar-refractivity contribution in [2.24, 2.45) is 7.05 Å². The number of benzene rings is 3. The molecule has 2 heterocycles. The lowest BCUT2D eigenvalue weighted by Crippen LogP contribution is -2.38. The molecule has 0 aliphatic rings. The highest BCUT2D eigenvalue weighted by Crippen LogP contribution is 2.31. The molecule has 2 amide bonds. The Morgan fingerprint density at radius 3 is 2.60 bits per heavy atom. The first-order valence-electron chi connectivity index (χ1n) is 13.1. The number of carbonyl (C=O) groups is 1. The summed E-state index contributed by atoms with van der Waals surface area (Å²) in [5.74, 6) is 1.25. The average molecular weight is 541 g/mol. The van der Waals surface area contributed by atoms with Gasteiger partial charge in [-0.3, -0.25) is 9.58 Å². The van der Waals surface area contributed by atoms with E-state index in [1.807, 2.05) is 62.5 Å². The number of hydrogen-bond acceptors (Lipinski definition) is 4. The molecule has 0 radical (unpaired) electrons. The van der Waals surface area contributed by atoms with Gasteiger partial charge >= 0.3 is 6.03 Å². The van der Waals surface area contributed by atoms with Gasteiger partial charge in [0, 0.05) is 43.1 Å². The van der Waals surface area contributed by atoms with Gasteiger partial charge in [0.25, 0.3) is 0 Å². The number of carbonyl (C=O) groups excluding carboxylic acids is 1. The van der Waals surface area contributed by atoms with Crippen molar-refractivity contribution in [2.45, 2.75) is 39.7 Å². The zero-order valence-electron chi connectivity index (χ0n) is 23.6. The summed E-state index contributed by atoms with van der Waals surface area (Å²) in [7, 11) is 3.57. The third kappa shape index (κ3) is 5.40. The Morgan fingerprint density at radius 2 is 1.85 bits per heavy atom. The molecule has 9 heteroatoms. The Hall–Kier alpha value is -4.66. The molecule has 1 N–H and O–H groups in total. The molecule has 0 aliphatic heterocycles. The maximum atomic E-state index is 14.2. The van der Waals surface area contributed by atoms with Crippen LogP contribution in [0.2, 0.25) is 0 Å².